The molecule has 1 aliphatic heterocycles. The van der Waals surface area contributed by atoms with Crippen molar-refractivity contribution in [3.05, 3.63) is 81.1 Å². The first-order valence-corrected chi connectivity index (χ1v) is 12.6. The number of rotatable bonds is 8. The average molecular weight is 582 g/mol. The van der Waals surface area contributed by atoms with Crippen LogP contribution in [0.2, 0.25) is 5.02 Å². The highest BCUT2D eigenvalue weighted by atomic mass is 79.9. The molecule has 37 heavy (non-hydrogen) atoms. The van der Waals surface area contributed by atoms with E-state index in [1.54, 1.807) is 43.5 Å². The lowest BCUT2D eigenvalue weighted by Crippen LogP contribution is -2.37. The number of hydrogen-bond acceptors (Lipinski definition) is 6. The van der Waals surface area contributed by atoms with Crippen molar-refractivity contribution in [1.82, 2.24) is 15.0 Å². The number of anilines is 1. The van der Waals surface area contributed by atoms with Gasteiger partial charge in [0.25, 0.3) is 5.91 Å². The molecule has 0 aliphatic carbocycles. The van der Waals surface area contributed by atoms with Gasteiger partial charge in [-0.1, -0.05) is 57.0 Å². The molecule has 2 amide bonds. The molecule has 1 aromatic heterocycles. The monoisotopic (exact) mass is 580 g/mol. The Kier molecular flexibility index (Phi) is 7.91. The standard InChI is InChI=1S/C27H22BrClN4O4/c1-3-12-27(15-20-16-32(31-30-20)17-24(34)37-4-2)22(13-18-8-5-6-11-23(18)28)25(35)33(26(27)36)21-10-7-9-19(29)14-21/h1,5-11,13-14,16H,4,12,15,17H2,2H3/b22-13-/t27-/m1/s1. The van der Waals surface area contributed by atoms with E-state index in [1.165, 1.54) is 4.68 Å². The first kappa shape index (κ1) is 26.3. The van der Waals surface area contributed by atoms with Gasteiger partial charge in [-0.3, -0.25) is 14.4 Å². The highest BCUT2D eigenvalue weighted by molar-refractivity contribution is 9.10. The normalized spacial score (nSPS) is 18.3. The van der Waals surface area contributed by atoms with E-state index in [0.717, 1.165) is 9.37 Å². The van der Waals surface area contributed by atoms with Crippen LogP contribution in [0.4, 0.5) is 5.69 Å². The molecule has 188 valence electrons. The maximum absolute atomic E-state index is 14.1. The molecule has 10 heteroatoms. The molecular formula is C27H22BrClN4O4. The maximum atomic E-state index is 14.1. The van der Waals surface area contributed by atoms with E-state index in [2.05, 4.69) is 32.2 Å². The van der Waals surface area contributed by atoms with Gasteiger partial charge >= 0.3 is 5.97 Å². The minimum atomic E-state index is -1.42. The number of hydrogen-bond donors (Lipinski definition) is 0. The van der Waals surface area contributed by atoms with Crippen LogP contribution < -0.4 is 4.90 Å². The number of halogens is 2. The van der Waals surface area contributed by atoms with Crippen molar-refractivity contribution in [2.45, 2.75) is 26.3 Å². The van der Waals surface area contributed by atoms with Crippen molar-refractivity contribution in [1.29, 1.82) is 0 Å². The van der Waals surface area contributed by atoms with Crippen molar-refractivity contribution in [3.8, 4) is 12.3 Å². The highest BCUT2D eigenvalue weighted by Crippen LogP contribution is 2.46. The van der Waals surface area contributed by atoms with E-state index in [4.69, 9.17) is 22.8 Å². The van der Waals surface area contributed by atoms with Crippen LogP contribution in [0.15, 0.2) is 64.8 Å². The van der Waals surface area contributed by atoms with E-state index in [1.807, 2.05) is 24.3 Å². The Hall–Kier alpha value is -3.74. The Labute approximate surface area is 227 Å². The number of terminal acetylenes is 1. The largest absolute Gasteiger partial charge is 0.465 e. The van der Waals surface area contributed by atoms with E-state index in [-0.39, 0.29) is 31.6 Å². The predicted octanol–water partition coefficient (Wildman–Crippen LogP) is 4.47. The molecule has 0 unspecified atom stereocenters. The Balaban J connectivity index is 1.83. The Bertz CT molecular complexity index is 1440. The Morgan fingerprint density at radius 3 is 2.73 bits per heavy atom. The maximum Gasteiger partial charge on any atom is 0.327 e. The third-order valence-corrected chi connectivity index (χ3v) is 6.86. The second kappa shape index (κ2) is 11.1. The molecule has 0 radical (unpaired) electrons. The van der Waals surface area contributed by atoms with Crippen molar-refractivity contribution < 1.29 is 19.1 Å². The fourth-order valence-corrected chi connectivity index (χ4v) is 4.85. The summed E-state index contributed by atoms with van der Waals surface area (Å²) in [5.74, 6) is 1.12. The quantitative estimate of drug-likeness (QED) is 0.169. The van der Waals surface area contributed by atoms with Gasteiger partial charge in [0.15, 0.2) is 0 Å². The van der Waals surface area contributed by atoms with E-state index in [9.17, 15) is 14.4 Å². The molecule has 4 rings (SSSR count). The van der Waals surface area contributed by atoms with Gasteiger partial charge in [0.05, 0.1) is 23.4 Å². The number of benzene rings is 2. The average Bonchev–Trinajstić information content (AvgIpc) is 3.36. The molecule has 0 spiro atoms. The van der Waals surface area contributed by atoms with Crippen LogP contribution in [0.3, 0.4) is 0 Å². The summed E-state index contributed by atoms with van der Waals surface area (Å²) in [5.41, 5.74) is 0.243. The van der Waals surface area contributed by atoms with Crippen LogP contribution >= 0.6 is 27.5 Å². The van der Waals surface area contributed by atoms with Crippen LogP contribution in [-0.4, -0.2) is 39.4 Å². The van der Waals surface area contributed by atoms with Crippen LogP contribution in [0.25, 0.3) is 6.08 Å². The van der Waals surface area contributed by atoms with E-state index >= 15 is 0 Å². The summed E-state index contributed by atoms with van der Waals surface area (Å²) in [4.78, 5) is 40.9. The van der Waals surface area contributed by atoms with Gasteiger partial charge in [0.1, 0.15) is 6.54 Å². The summed E-state index contributed by atoms with van der Waals surface area (Å²) in [6.45, 7) is 1.82. The molecule has 0 bridgehead atoms. The fourth-order valence-electron chi connectivity index (χ4n) is 4.27. The smallest absolute Gasteiger partial charge is 0.327 e. The molecule has 2 aromatic carbocycles. The Morgan fingerprint density at radius 2 is 2.03 bits per heavy atom. The first-order chi connectivity index (χ1) is 17.8. The van der Waals surface area contributed by atoms with Gasteiger partial charge < -0.3 is 4.74 Å². The summed E-state index contributed by atoms with van der Waals surface area (Å²) < 4.78 is 7.03. The number of carbonyl (C=O) groups excluding carboxylic acids is 3. The van der Waals surface area contributed by atoms with E-state index < -0.39 is 23.2 Å². The topological polar surface area (TPSA) is 94.4 Å². The summed E-state index contributed by atoms with van der Waals surface area (Å²) >= 11 is 9.68. The van der Waals surface area contributed by atoms with Gasteiger partial charge in [-0.15, -0.1) is 17.4 Å². The molecule has 2 heterocycles. The number of carbonyl (C=O) groups is 3. The number of nitrogens with zero attached hydrogens (tertiary/aromatic N) is 4. The van der Waals surface area contributed by atoms with Crippen molar-refractivity contribution in [2.24, 2.45) is 5.41 Å². The van der Waals surface area contributed by atoms with Gasteiger partial charge in [0, 0.05) is 34.1 Å². The SMILES string of the molecule is C#CC[C@]1(Cc2cn(CC(=O)OCC)nn2)C(=O)N(c2cccc(Cl)c2)C(=O)/C1=C/c1ccccc1Br. The molecule has 0 N–H and O–H groups in total. The minimum absolute atomic E-state index is 0.00203. The van der Waals surface area contributed by atoms with Gasteiger partial charge in [-0.2, -0.15) is 0 Å². The molecule has 8 nitrogen and oxygen atoms in total. The fraction of sp³-hybridized carbons (Fsp3) is 0.222. The molecule has 1 atom stereocenters. The second-order valence-electron chi connectivity index (χ2n) is 8.36. The third kappa shape index (κ3) is 5.36. The second-order valence-corrected chi connectivity index (χ2v) is 9.65. The lowest BCUT2D eigenvalue weighted by Gasteiger charge is -2.25. The zero-order valence-corrected chi connectivity index (χ0v) is 22.2. The summed E-state index contributed by atoms with van der Waals surface area (Å²) in [7, 11) is 0. The number of amides is 2. The molecule has 1 saturated heterocycles. The van der Waals surface area contributed by atoms with Gasteiger partial charge in [-0.05, 0) is 42.8 Å². The van der Waals surface area contributed by atoms with Crippen LogP contribution in [0.1, 0.15) is 24.6 Å². The molecular weight excluding hydrogens is 560 g/mol. The van der Waals surface area contributed by atoms with Crippen LogP contribution in [-0.2, 0) is 32.1 Å². The number of aromatic nitrogens is 3. The molecule has 1 fully saturated rings. The number of imide groups is 1. The zero-order chi connectivity index (χ0) is 26.6. The Morgan fingerprint density at radius 1 is 1.24 bits per heavy atom. The summed E-state index contributed by atoms with van der Waals surface area (Å²) in [6.07, 6.45) is 8.92. The lowest BCUT2D eigenvalue weighted by molar-refractivity contribution is -0.144. The minimum Gasteiger partial charge on any atom is -0.465 e. The van der Waals surface area contributed by atoms with Gasteiger partial charge in [0.2, 0.25) is 5.91 Å². The zero-order valence-electron chi connectivity index (χ0n) is 19.9. The van der Waals surface area contributed by atoms with Gasteiger partial charge in [-0.25, -0.2) is 9.58 Å². The predicted molar refractivity (Wildman–Crippen MR) is 142 cm³/mol. The van der Waals surface area contributed by atoms with Crippen LogP contribution in [0.5, 0.6) is 0 Å². The molecule has 1 aliphatic rings. The van der Waals surface area contributed by atoms with Crippen molar-refractivity contribution >= 4 is 57.1 Å². The third-order valence-electron chi connectivity index (χ3n) is 5.90. The summed E-state index contributed by atoms with van der Waals surface area (Å²) in [6, 6.07) is 13.9. The molecule has 0 saturated carbocycles. The summed E-state index contributed by atoms with van der Waals surface area (Å²) in [5, 5.41) is 8.52. The van der Waals surface area contributed by atoms with Crippen LogP contribution in [0, 0.1) is 17.8 Å². The van der Waals surface area contributed by atoms with E-state index in [0.29, 0.717) is 22.0 Å². The lowest BCUT2D eigenvalue weighted by atomic mass is 9.74. The molecule has 3 aromatic rings. The first-order valence-electron chi connectivity index (χ1n) is 11.4. The number of esters is 1. The van der Waals surface area contributed by atoms with Crippen molar-refractivity contribution in [3.63, 3.8) is 0 Å². The number of ether oxygens (including phenoxy) is 1. The highest BCUT2D eigenvalue weighted by Gasteiger charge is 2.56. The van der Waals surface area contributed by atoms with Crippen molar-refractivity contribution in [2.75, 3.05) is 11.5 Å².